The molecule has 2 aromatic rings. The van der Waals surface area contributed by atoms with Gasteiger partial charge < -0.3 is 10.1 Å². The minimum atomic E-state index is -3.63. The van der Waals surface area contributed by atoms with Crippen LogP contribution in [0.5, 0.6) is 5.75 Å². The second kappa shape index (κ2) is 5.38. The molecule has 0 atom stereocenters. The predicted molar refractivity (Wildman–Crippen MR) is 80.8 cm³/mol. The van der Waals surface area contributed by atoms with Crippen LogP contribution in [0, 0.1) is 0 Å². The van der Waals surface area contributed by atoms with Crippen LogP contribution in [0.2, 0.25) is 0 Å². The van der Waals surface area contributed by atoms with Crippen LogP contribution in [0.1, 0.15) is 11.1 Å². The van der Waals surface area contributed by atoms with E-state index >= 15 is 0 Å². The maximum absolute atomic E-state index is 12.5. The highest BCUT2D eigenvalue weighted by atomic mass is 32.2. The number of rotatable bonds is 4. The standard InChI is InChI=1S/C15H16N2O3S/c1-20-15-5-3-2-4-14(15)17-21(18,19)13-7-6-11-9-16-10-12(11)8-13/h2-8,16-17H,9-10H2,1H3. The fraction of sp³-hybridized carbons (Fsp3) is 0.200. The minimum Gasteiger partial charge on any atom is -0.495 e. The van der Waals surface area contributed by atoms with Gasteiger partial charge in [0.25, 0.3) is 10.0 Å². The maximum atomic E-state index is 12.5. The Hall–Kier alpha value is -2.05. The predicted octanol–water partition coefficient (Wildman–Crippen LogP) is 2.10. The lowest BCUT2D eigenvalue weighted by molar-refractivity contribution is 0.417. The molecule has 0 amide bonds. The van der Waals surface area contributed by atoms with E-state index in [2.05, 4.69) is 10.0 Å². The number of benzene rings is 2. The third-order valence-corrected chi connectivity index (χ3v) is 4.83. The SMILES string of the molecule is COc1ccccc1NS(=O)(=O)c1ccc2c(c1)CNC2. The fourth-order valence-corrected chi connectivity index (χ4v) is 3.49. The first-order valence-electron chi connectivity index (χ1n) is 6.58. The largest absolute Gasteiger partial charge is 0.495 e. The van der Waals surface area contributed by atoms with Crippen LogP contribution >= 0.6 is 0 Å². The van der Waals surface area contributed by atoms with Gasteiger partial charge >= 0.3 is 0 Å². The van der Waals surface area contributed by atoms with Crippen LogP contribution in [-0.2, 0) is 23.1 Å². The van der Waals surface area contributed by atoms with Crippen molar-refractivity contribution >= 4 is 15.7 Å². The zero-order valence-corrected chi connectivity index (χ0v) is 12.4. The second-order valence-electron chi connectivity index (χ2n) is 4.84. The van der Waals surface area contributed by atoms with Crippen LogP contribution in [0.15, 0.2) is 47.4 Å². The van der Waals surface area contributed by atoms with Crippen LogP contribution in [-0.4, -0.2) is 15.5 Å². The Morgan fingerprint density at radius 3 is 2.67 bits per heavy atom. The van der Waals surface area contributed by atoms with Crippen molar-refractivity contribution in [1.29, 1.82) is 0 Å². The molecule has 0 fully saturated rings. The summed E-state index contributed by atoms with van der Waals surface area (Å²) in [4.78, 5) is 0.260. The molecule has 1 aliphatic heterocycles. The zero-order chi connectivity index (χ0) is 14.9. The van der Waals surface area contributed by atoms with Crippen molar-refractivity contribution in [2.75, 3.05) is 11.8 Å². The van der Waals surface area contributed by atoms with Crippen LogP contribution in [0.4, 0.5) is 5.69 Å². The quantitative estimate of drug-likeness (QED) is 0.908. The van der Waals surface area contributed by atoms with Gasteiger partial charge in [0.1, 0.15) is 5.75 Å². The summed E-state index contributed by atoms with van der Waals surface area (Å²) in [6, 6.07) is 12.1. The summed E-state index contributed by atoms with van der Waals surface area (Å²) in [6.07, 6.45) is 0. The van der Waals surface area contributed by atoms with Gasteiger partial charge in [-0.05, 0) is 35.4 Å². The molecule has 21 heavy (non-hydrogen) atoms. The van der Waals surface area contributed by atoms with Crippen molar-refractivity contribution in [1.82, 2.24) is 5.32 Å². The highest BCUT2D eigenvalue weighted by molar-refractivity contribution is 7.92. The number of hydrogen-bond acceptors (Lipinski definition) is 4. The first-order chi connectivity index (χ1) is 10.1. The lowest BCUT2D eigenvalue weighted by Crippen LogP contribution is -2.14. The highest BCUT2D eigenvalue weighted by Crippen LogP contribution is 2.27. The van der Waals surface area contributed by atoms with Gasteiger partial charge in [0.15, 0.2) is 0 Å². The molecule has 0 saturated heterocycles. The number of ether oxygens (including phenoxy) is 1. The molecular formula is C15H16N2O3S. The Morgan fingerprint density at radius 1 is 1.10 bits per heavy atom. The van der Waals surface area contributed by atoms with Crippen molar-refractivity contribution < 1.29 is 13.2 Å². The van der Waals surface area contributed by atoms with Gasteiger partial charge in [0.05, 0.1) is 17.7 Å². The molecular weight excluding hydrogens is 288 g/mol. The van der Waals surface area contributed by atoms with Gasteiger partial charge in [-0.3, -0.25) is 4.72 Å². The monoisotopic (exact) mass is 304 g/mol. The van der Waals surface area contributed by atoms with Gasteiger partial charge in [-0.15, -0.1) is 0 Å². The van der Waals surface area contributed by atoms with E-state index in [1.54, 1.807) is 36.4 Å². The first-order valence-corrected chi connectivity index (χ1v) is 8.07. The molecule has 5 nitrogen and oxygen atoms in total. The molecule has 3 rings (SSSR count). The molecule has 2 N–H and O–H groups in total. The Bertz CT molecular complexity index is 772. The molecule has 0 bridgehead atoms. The Kier molecular flexibility index (Phi) is 3.57. The number of nitrogens with one attached hydrogen (secondary N) is 2. The van der Waals surface area contributed by atoms with Gasteiger partial charge in [-0.1, -0.05) is 18.2 Å². The van der Waals surface area contributed by atoms with Crippen LogP contribution in [0.3, 0.4) is 0 Å². The number of para-hydroxylation sites is 2. The number of sulfonamides is 1. The summed E-state index contributed by atoms with van der Waals surface area (Å²) in [5, 5.41) is 3.20. The molecule has 1 heterocycles. The molecule has 2 aromatic carbocycles. The number of methoxy groups -OCH3 is 1. The molecule has 0 radical (unpaired) electrons. The van der Waals surface area contributed by atoms with E-state index in [9.17, 15) is 8.42 Å². The maximum Gasteiger partial charge on any atom is 0.262 e. The number of hydrogen-bond donors (Lipinski definition) is 2. The average Bonchev–Trinajstić information content (AvgIpc) is 2.95. The Balaban J connectivity index is 1.94. The van der Waals surface area contributed by atoms with E-state index in [1.165, 1.54) is 7.11 Å². The smallest absolute Gasteiger partial charge is 0.262 e. The zero-order valence-electron chi connectivity index (χ0n) is 11.6. The Morgan fingerprint density at radius 2 is 1.86 bits per heavy atom. The molecule has 110 valence electrons. The van der Waals surface area contributed by atoms with E-state index in [1.807, 2.05) is 6.07 Å². The van der Waals surface area contributed by atoms with Gasteiger partial charge in [-0.25, -0.2) is 8.42 Å². The van der Waals surface area contributed by atoms with E-state index in [-0.39, 0.29) is 4.90 Å². The van der Waals surface area contributed by atoms with Gasteiger partial charge in [-0.2, -0.15) is 0 Å². The summed E-state index contributed by atoms with van der Waals surface area (Å²) in [5.74, 6) is 0.490. The summed E-state index contributed by atoms with van der Waals surface area (Å²) in [6.45, 7) is 1.49. The summed E-state index contributed by atoms with van der Waals surface area (Å²) in [5.41, 5.74) is 2.60. The van der Waals surface area contributed by atoms with E-state index in [0.29, 0.717) is 18.0 Å². The van der Waals surface area contributed by atoms with Crippen molar-refractivity contribution in [3.63, 3.8) is 0 Å². The van der Waals surface area contributed by atoms with Crippen LogP contribution < -0.4 is 14.8 Å². The Labute approximate surface area is 124 Å². The van der Waals surface area contributed by atoms with E-state index in [4.69, 9.17) is 4.74 Å². The molecule has 0 unspecified atom stereocenters. The van der Waals surface area contributed by atoms with Crippen molar-refractivity contribution in [2.45, 2.75) is 18.0 Å². The van der Waals surface area contributed by atoms with E-state index in [0.717, 1.165) is 17.7 Å². The third-order valence-electron chi connectivity index (χ3n) is 3.47. The molecule has 0 aromatic heterocycles. The van der Waals surface area contributed by atoms with Crippen molar-refractivity contribution in [3.8, 4) is 5.75 Å². The van der Waals surface area contributed by atoms with Crippen molar-refractivity contribution in [2.24, 2.45) is 0 Å². The summed E-state index contributed by atoms with van der Waals surface area (Å²) < 4.78 is 32.7. The lowest BCUT2D eigenvalue weighted by Gasteiger charge is -2.12. The normalized spacial score (nSPS) is 13.8. The molecule has 6 heteroatoms. The van der Waals surface area contributed by atoms with Gasteiger partial charge in [0.2, 0.25) is 0 Å². The molecule has 0 spiro atoms. The number of fused-ring (bicyclic) bond motifs is 1. The fourth-order valence-electron chi connectivity index (χ4n) is 2.37. The van der Waals surface area contributed by atoms with Crippen LogP contribution in [0.25, 0.3) is 0 Å². The lowest BCUT2D eigenvalue weighted by atomic mass is 10.1. The topological polar surface area (TPSA) is 67.4 Å². The first kappa shape index (κ1) is 13.9. The molecule has 1 aliphatic rings. The van der Waals surface area contributed by atoms with Gasteiger partial charge in [0, 0.05) is 13.1 Å². The average molecular weight is 304 g/mol. The third kappa shape index (κ3) is 2.72. The minimum absolute atomic E-state index is 0.260. The van der Waals surface area contributed by atoms with Crippen molar-refractivity contribution in [3.05, 3.63) is 53.6 Å². The summed E-state index contributed by atoms with van der Waals surface area (Å²) in [7, 11) is -2.12. The van der Waals surface area contributed by atoms with E-state index < -0.39 is 10.0 Å². The summed E-state index contributed by atoms with van der Waals surface area (Å²) >= 11 is 0. The molecule has 0 aliphatic carbocycles. The second-order valence-corrected chi connectivity index (χ2v) is 6.52. The molecule has 0 saturated carbocycles. The highest BCUT2D eigenvalue weighted by Gasteiger charge is 2.19. The number of anilines is 1.